The van der Waals surface area contributed by atoms with E-state index in [4.69, 9.17) is 16.2 Å². The van der Waals surface area contributed by atoms with Crippen LogP contribution in [0.2, 0.25) is 0 Å². The predicted octanol–water partition coefficient (Wildman–Crippen LogP) is 0.784. The molecule has 1 saturated carbocycles. The molecule has 0 aromatic carbocycles. The van der Waals surface area contributed by atoms with Gasteiger partial charge in [-0.25, -0.2) is 0 Å². The molecule has 1 fully saturated rings. The van der Waals surface area contributed by atoms with Gasteiger partial charge in [0, 0.05) is 12.1 Å². The van der Waals surface area contributed by atoms with Crippen LogP contribution in [0.15, 0.2) is 0 Å². The third-order valence-electron chi connectivity index (χ3n) is 2.91. The van der Waals surface area contributed by atoms with Gasteiger partial charge in [0.1, 0.15) is 5.60 Å². The second-order valence-electron chi connectivity index (χ2n) is 5.41. The molecule has 1 aliphatic rings. The van der Waals surface area contributed by atoms with Gasteiger partial charge in [-0.3, -0.25) is 4.79 Å². The number of esters is 1. The minimum absolute atomic E-state index is 0.257. The van der Waals surface area contributed by atoms with Crippen molar-refractivity contribution in [2.75, 3.05) is 6.54 Å². The van der Waals surface area contributed by atoms with Crippen LogP contribution in [-0.4, -0.2) is 23.7 Å². The smallest absolute Gasteiger partial charge is 0.312 e. The van der Waals surface area contributed by atoms with Gasteiger partial charge in [-0.2, -0.15) is 0 Å². The van der Waals surface area contributed by atoms with E-state index in [1.165, 1.54) is 0 Å². The van der Waals surface area contributed by atoms with E-state index in [9.17, 15) is 4.79 Å². The summed E-state index contributed by atoms with van der Waals surface area (Å²) in [6.45, 7) is 5.82. The molecular formula is C11H22N2O2. The van der Waals surface area contributed by atoms with Crippen LogP contribution in [0.1, 0.15) is 40.0 Å². The maximum Gasteiger partial charge on any atom is 0.312 e. The van der Waals surface area contributed by atoms with Crippen LogP contribution in [0.25, 0.3) is 0 Å². The zero-order chi connectivity index (χ0) is 11.7. The van der Waals surface area contributed by atoms with E-state index in [1.54, 1.807) is 0 Å². The summed E-state index contributed by atoms with van der Waals surface area (Å²) in [4.78, 5) is 11.8. The fourth-order valence-electron chi connectivity index (χ4n) is 1.87. The Hall–Kier alpha value is -0.610. The monoisotopic (exact) mass is 214 g/mol. The van der Waals surface area contributed by atoms with Crippen molar-refractivity contribution < 1.29 is 9.53 Å². The minimum Gasteiger partial charge on any atom is -0.460 e. The van der Waals surface area contributed by atoms with Gasteiger partial charge in [-0.1, -0.05) is 0 Å². The minimum atomic E-state index is -0.468. The molecule has 1 rings (SSSR count). The highest BCUT2D eigenvalue weighted by atomic mass is 16.6. The summed E-state index contributed by atoms with van der Waals surface area (Å²) in [5.41, 5.74) is 10.8. The fourth-order valence-corrected chi connectivity index (χ4v) is 1.87. The van der Waals surface area contributed by atoms with Gasteiger partial charge in [0.15, 0.2) is 0 Å². The first-order valence-electron chi connectivity index (χ1n) is 5.50. The van der Waals surface area contributed by atoms with Crippen molar-refractivity contribution in [1.82, 2.24) is 0 Å². The van der Waals surface area contributed by atoms with Crippen LogP contribution >= 0.6 is 0 Å². The Kier molecular flexibility index (Phi) is 3.41. The zero-order valence-corrected chi connectivity index (χ0v) is 9.88. The van der Waals surface area contributed by atoms with Crippen molar-refractivity contribution in [2.24, 2.45) is 17.4 Å². The van der Waals surface area contributed by atoms with E-state index in [-0.39, 0.29) is 18.4 Å². The largest absolute Gasteiger partial charge is 0.460 e. The van der Waals surface area contributed by atoms with Gasteiger partial charge in [0.05, 0.1) is 5.92 Å². The Morgan fingerprint density at radius 3 is 2.27 bits per heavy atom. The molecule has 4 heteroatoms. The number of nitrogens with two attached hydrogens (primary N) is 2. The normalized spacial score (nSPS) is 21.7. The van der Waals surface area contributed by atoms with Crippen molar-refractivity contribution in [3.63, 3.8) is 0 Å². The van der Waals surface area contributed by atoms with Gasteiger partial charge in [-0.15, -0.1) is 0 Å². The summed E-state index contributed by atoms with van der Waals surface area (Å²) in [6.07, 6.45) is 2.82. The lowest BCUT2D eigenvalue weighted by Crippen LogP contribution is -2.58. The SMILES string of the molecule is CC(C)(C)OC(=O)C(CN)C1(N)CCC1. The first kappa shape index (κ1) is 12.5. The topological polar surface area (TPSA) is 78.3 Å². The molecule has 0 bridgehead atoms. The highest BCUT2D eigenvalue weighted by Gasteiger charge is 2.45. The molecule has 0 radical (unpaired) electrons. The number of rotatable bonds is 3. The Bertz CT molecular complexity index is 241. The van der Waals surface area contributed by atoms with Crippen LogP contribution in [0.4, 0.5) is 0 Å². The second kappa shape index (κ2) is 4.10. The van der Waals surface area contributed by atoms with Crippen LogP contribution < -0.4 is 11.5 Å². The molecule has 1 atom stereocenters. The van der Waals surface area contributed by atoms with Gasteiger partial charge in [0.2, 0.25) is 0 Å². The van der Waals surface area contributed by atoms with E-state index < -0.39 is 11.1 Å². The van der Waals surface area contributed by atoms with Crippen molar-refractivity contribution in [3.8, 4) is 0 Å². The van der Waals surface area contributed by atoms with E-state index in [2.05, 4.69) is 0 Å². The number of carbonyl (C=O) groups excluding carboxylic acids is 1. The lowest BCUT2D eigenvalue weighted by Gasteiger charge is -2.43. The van der Waals surface area contributed by atoms with Crippen LogP contribution in [0, 0.1) is 5.92 Å². The third kappa shape index (κ3) is 2.92. The highest BCUT2D eigenvalue weighted by molar-refractivity contribution is 5.75. The van der Waals surface area contributed by atoms with Crippen LogP contribution in [0.5, 0.6) is 0 Å². The summed E-state index contributed by atoms with van der Waals surface area (Å²) in [6, 6.07) is 0. The molecule has 4 nitrogen and oxygen atoms in total. The fraction of sp³-hybridized carbons (Fsp3) is 0.909. The summed E-state index contributed by atoms with van der Waals surface area (Å²) in [7, 11) is 0. The molecule has 1 aliphatic carbocycles. The van der Waals surface area contributed by atoms with Gasteiger partial charge in [-0.05, 0) is 40.0 Å². The third-order valence-corrected chi connectivity index (χ3v) is 2.91. The quantitative estimate of drug-likeness (QED) is 0.681. The maximum absolute atomic E-state index is 11.8. The Labute approximate surface area is 91.3 Å². The first-order chi connectivity index (χ1) is 6.78. The molecule has 88 valence electrons. The molecule has 0 heterocycles. The molecule has 15 heavy (non-hydrogen) atoms. The summed E-state index contributed by atoms with van der Waals surface area (Å²) in [5, 5.41) is 0. The Balaban J connectivity index is 2.63. The molecule has 0 amide bonds. The summed E-state index contributed by atoms with van der Waals surface area (Å²) < 4.78 is 5.31. The highest BCUT2D eigenvalue weighted by Crippen LogP contribution is 2.36. The Morgan fingerprint density at radius 2 is 2.00 bits per heavy atom. The van der Waals surface area contributed by atoms with E-state index in [1.807, 2.05) is 20.8 Å². The zero-order valence-electron chi connectivity index (χ0n) is 9.88. The van der Waals surface area contributed by atoms with Crippen molar-refractivity contribution >= 4 is 5.97 Å². The van der Waals surface area contributed by atoms with E-state index in [0.717, 1.165) is 19.3 Å². The molecule has 0 aromatic rings. The summed E-state index contributed by atoms with van der Waals surface area (Å²) in [5.74, 6) is -0.613. The summed E-state index contributed by atoms with van der Waals surface area (Å²) >= 11 is 0. The van der Waals surface area contributed by atoms with E-state index in [0.29, 0.717) is 0 Å². The van der Waals surface area contributed by atoms with Crippen LogP contribution in [-0.2, 0) is 9.53 Å². The molecule has 0 saturated heterocycles. The van der Waals surface area contributed by atoms with Gasteiger partial charge < -0.3 is 16.2 Å². The van der Waals surface area contributed by atoms with Gasteiger partial charge in [0.25, 0.3) is 0 Å². The van der Waals surface area contributed by atoms with Crippen molar-refractivity contribution in [1.29, 1.82) is 0 Å². The molecule has 0 aromatic heterocycles. The molecule has 4 N–H and O–H groups in total. The Morgan fingerprint density at radius 1 is 1.47 bits per heavy atom. The molecule has 0 spiro atoms. The average molecular weight is 214 g/mol. The lowest BCUT2D eigenvalue weighted by atomic mass is 9.69. The number of carbonyl (C=O) groups is 1. The predicted molar refractivity (Wildman–Crippen MR) is 59.2 cm³/mol. The first-order valence-corrected chi connectivity index (χ1v) is 5.50. The maximum atomic E-state index is 11.8. The number of ether oxygens (including phenoxy) is 1. The van der Waals surface area contributed by atoms with Gasteiger partial charge >= 0.3 is 5.97 Å². The van der Waals surface area contributed by atoms with Crippen molar-refractivity contribution in [3.05, 3.63) is 0 Å². The lowest BCUT2D eigenvalue weighted by molar-refractivity contribution is -0.163. The van der Waals surface area contributed by atoms with Crippen LogP contribution in [0.3, 0.4) is 0 Å². The van der Waals surface area contributed by atoms with Crippen molar-refractivity contribution in [2.45, 2.75) is 51.2 Å². The second-order valence-corrected chi connectivity index (χ2v) is 5.41. The molecular weight excluding hydrogens is 192 g/mol. The van der Waals surface area contributed by atoms with E-state index >= 15 is 0 Å². The number of hydrogen-bond donors (Lipinski definition) is 2. The molecule has 1 unspecified atom stereocenters. The average Bonchev–Trinajstić information content (AvgIpc) is 1.99. The number of hydrogen-bond acceptors (Lipinski definition) is 4. The molecule has 0 aliphatic heterocycles. The standard InChI is InChI=1S/C11H22N2O2/c1-10(2,3)15-9(14)8(7-12)11(13)5-4-6-11/h8H,4-7,12-13H2,1-3H3.